The first-order valence-corrected chi connectivity index (χ1v) is 11.3. The molecule has 33 heavy (non-hydrogen) atoms. The molecule has 0 saturated carbocycles. The molecule has 0 unspecified atom stereocenters. The lowest BCUT2D eigenvalue weighted by Crippen LogP contribution is -2.00. The van der Waals surface area contributed by atoms with Crippen molar-refractivity contribution in [3.05, 3.63) is 83.9 Å². The number of rotatable bonds is 7. The number of pyridine rings is 1. The van der Waals surface area contributed by atoms with Gasteiger partial charge in [-0.25, -0.2) is 0 Å². The maximum atomic E-state index is 5.95. The Morgan fingerprint density at radius 1 is 0.939 bits per heavy atom. The predicted octanol–water partition coefficient (Wildman–Crippen LogP) is 5.33. The van der Waals surface area contributed by atoms with Crippen LogP contribution in [0.1, 0.15) is 5.82 Å². The summed E-state index contributed by atoms with van der Waals surface area (Å²) in [6.07, 6.45) is 3.46. The van der Waals surface area contributed by atoms with E-state index in [0.29, 0.717) is 33.5 Å². The van der Waals surface area contributed by atoms with Crippen molar-refractivity contribution in [3.63, 3.8) is 0 Å². The van der Waals surface area contributed by atoms with Crippen molar-refractivity contribution >= 4 is 23.4 Å². The zero-order chi connectivity index (χ0) is 22.6. The van der Waals surface area contributed by atoms with Crippen LogP contribution in [0.15, 0.2) is 82.7 Å². The van der Waals surface area contributed by atoms with Crippen molar-refractivity contribution in [2.45, 2.75) is 10.9 Å². The molecule has 0 amide bonds. The molecular weight excluding hydrogens is 460 g/mol. The molecule has 0 radical (unpaired) electrons. The van der Waals surface area contributed by atoms with Gasteiger partial charge in [0.25, 0.3) is 5.89 Å². The summed E-state index contributed by atoms with van der Waals surface area (Å²) >= 11 is 7.42. The number of hydrogen-bond acceptors (Lipinski definition) is 8. The minimum atomic E-state index is 0.441. The summed E-state index contributed by atoms with van der Waals surface area (Å²) in [7, 11) is 1.64. The van der Waals surface area contributed by atoms with Crippen LogP contribution < -0.4 is 4.74 Å². The number of hydrogen-bond donors (Lipinski definition) is 0. The second-order valence-corrected chi connectivity index (χ2v) is 8.27. The molecule has 0 fully saturated rings. The molecule has 0 aliphatic heterocycles. The summed E-state index contributed by atoms with van der Waals surface area (Å²) in [5, 5.41) is 14.3. The van der Waals surface area contributed by atoms with Gasteiger partial charge in [0.1, 0.15) is 5.75 Å². The molecule has 0 bridgehead atoms. The summed E-state index contributed by atoms with van der Waals surface area (Å²) in [5.41, 5.74) is 2.62. The van der Waals surface area contributed by atoms with E-state index < -0.39 is 0 Å². The Balaban J connectivity index is 1.43. The summed E-state index contributed by atoms with van der Waals surface area (Å²) in [6, 6.07) is 18.8. The highest BCUT2D eigenvalue weighted by molar-refractivity contribution is 7.98. The molecule has 0 N–H and O–H groups in total. The molecular formula is C23H17ClN6O2S. The van der Waals surface area contributed by atoms with Gasteiger partial charge in [-0.2, -0.15) is 4.98 Å². The van der Waals surface area contributed by atoms with Crippen LogP contribution in [0.3, 0.4) is 0 Å². The predicted molar refractivity (Wildman–Crippen MR) is 125 cm³/mol. The smallest absolute Gasteiger partial charge is 0.257 e. The third-order valence-electron chi connectivity index (χ3n) is 4.79. The van der Waals surface area contributed by atoms with Gasteiger partial charge in [0.05, 0.1) is 12.9 Å². The number of ether oxygens (including phenoxy) is 1. The zero-order valence-electron chi connectivity index (χ0n) is 17.4. The van der Waals surface area contributed by atoms with Crippen molar-refractivity contribution in [1.29, 1.82) is 0 Å². The van der Waals surface area contributed by atoms with Crippen molar-refractivity contribution in [1.82, 2.24) is 29.9 Å². The Morgan fingerprint density at radius 2 is 1.70 bits per heavy atom. The van der Waals surface area contributed by atoms with E-state index in [1.807, 2.05) is 53.1 Å². The fraction of sp³-hybridized carbons (Fsp3) is 0.0870. The molecule has 0 spiro atoms. The molecule has 3 heterocycles. The van der Waals surface area contributed by atoms with Crippen LogP contribution in [0.25, 0.3) is 28.5 Å². The average Bonchev–Trinajstić information content (AvgIpc) is 3.51. The minimum absolute atomic E-state index is 0.441. The standard InChI is InChI=1S/C23H17ClN6O2S/c1-31-19-8-6-18(7-9-19)30-21(15-10-12-25-13-11-15)27-28-23(30)33-14-20-26-22(32-29-20)16-2-4-17(24)5-3-16/h2-13H,14H2,1H3. The van der Waals surface area contributed by atoms with Gasteiger partial charge in [-0.3, -0.25) is 9.55 Å². The molecule has 164 valence electrons. The van der Waals surface area contributed by atoms with E-state index in [0.717, 1.165) is 22.6 Å². The van der Waals surface area contributed by atoms with Crippen LogP contribution in [0.2, 0.25) is 5.02 Å². The van der Waals surface area contributed by atoms with Crippen molar-refractivity contribution in [2.24, 2.45) is 0 Å². The number of halogens is 1. The Bertz CT molecular complexity index is 1350. The molecule has 8 nitrogen and oxygen atoms in total. The average molecular weight is 477 g/mol. The Labute approximate surface area is 198 Å². The summed E-state index contributed by atoms with van der Waals surface area (Å²) in [5.74, 6) is 2.94. The molecule has 5 rings (SSSR count). The largest absolute Gasteiger partial charge is 0.497 e. The topological polar surface area (TPSA) is 91.8 Å². The lowest BCUT2D eigenvalue weighted by Gasteiger charge is -2.10. The second kappa shape index (κ2) is 9.43. The lowest BCUT2D eigenvalue weighted by molar-refractivity contribution is 0.414. The van der Waals surface area contributed by atoms with Gasteiger partial charge in [-0.05, 0) is 60.7 Å². The normalized spacial score (nSPS) is 11.0. The Morgan fingerprint density at radius 3 is 2.42 bits per heavy atom. The number of nitrogens with zero attached hydrogens (tertiary/aromatic N) is 6. The van der Waals surface area contributed by atoms with Crippen molar-refractivity contribution in [2.75, 3.05) is 7.11 Å². The molecule has 10 heteroatoms. The Kier molecular flexibility index (Phi) is 6.05. The van der Waals surface area contributed by atoms with Crippen LogP contribution in [0.4, 0.5) is 0 Å². The highest BCUT2D eigenvalue weighted by atomic mass is 35.5. The number of thioether (sulfide) groups is 1. The molecule has 2 aromatic carbocycles. The fourth-order valence-corrected chi connectivity index (χ4v) is 4.09. The lowest BCUT2D eigenvalue weighted by atomic mass is 10.2. The van der Waals surface area contributed by atoms with Crippen LogP contribution in [-0.4, -0.2) is 37.0 Å². The van der Waals surface area contributed by atoms with Crippen LogP contribution in [0.5, 0.6) is 5.75 Å². The molecule has 0 atom stereocenters. The number of aromatic nitrogens is 6. The van der Waals surface area contributed by atoms with E-state index in [-0.39, 0.29) is 0 Å². The molecule has 3 aromatic heterocycles. The monoisotopic (exact) mass is 476 g/mol. The van der Waals surface area contributed by atoms with Crippen LogP contribution in [-0.2, 0) is 5.75 Å². The number of benzene rings is 2. The van der Waals surface area contributed by atoms with Gasteiger partial charge in [0, 0.05) is 34.2 Å². The highest BCUT2D eigenvalue weighted by Gasteiger charge is 2.18. The maximum absolute atomic E-state index is 5.95. The first kappa shape index (κ1) is 21.2. The SMILES string of the molecule is COc1ccc(-n2c(SCc3noc(-c4ccc(Cl)cc4)n3)nnc2-c2ccncc2)cc1. The Hall–Kier alpha value is -3.69. The maximum Gasteiger partial charge on any atom is 0.257 e. The van der Waals surface area contributed by atoms with Crippen LogP contribution in [0, 0.1) is 0 Å². The van der Waals surface area contributed by atoms with Gasteiger partial charge in [-0.1, -0.05) is 28.5 Å². The van der Waals surface area contributed by atoms with E-state index in [1.165, 1.54) is 11.8 Å². The third kappa shape index (κ3) is 4.59. The van der Waals surface area contributed by atoms with Gasteiger partial charge < -0.3 is 9.26 Å². The van der Waals surface area contributed by atoms with Crippen molar-refractivity contribution < 1.29 is 9.26 Å². The second-order valence-electron chi connectivity index (χ2n) is 6.89. The third-order valence-corrected chi connectivity index (χ3v) is 5.97. The molecule has 5 aromatic rings. The van der Waals surface area contributed by atoms with Gasteiger partial charge >= 0.3 is 0 Å². The van der Waals surface area contributed by atoms with Gasteiger partial charge in [0.15, 0.2) is 16.8 Å². The first-order valence-electron chi connectivity index (χ1n) is 9.93. The molecule has 0 saturated heterocycles. The summed E-state index contributed by atoms with van der Waals surface area (Å²) in [6.45, 7) is 0. The van der Waals surface area contributed by atoms with Gasteiger partial charge in [-0.15, -0.1) is 10.2 Å². The molecule has 0 aliphatic carbocycles. The van der Waals surface area contributed by atoms with E-state index in [4.69, 9.17) is 20.9 Å². The molecule has 0 aliphatic rings. The van der Waals surface area contributed by atoms with E-state index >= 15 is 0 Å². The van der Waals surface area contributed by atoms with Gasteiger partial charge in [0.2, 0.25) is 0 Å². The van der Waals surface area contributed by atoms with E-state index in [1.54, 1.807) is 31.6 Å². The summed E-state index contributed by atoms with van der Waals surface area (Å²) < 4.78 is 12.7. The summed E-state index contributed by atoms with van der Waals surface area (Å²) in [4.78, 5) is 8.59. The first-order chi connectivity index (χ1) is 16.2. The minimum Gasteiger partial charge on any atom is -0.497 e. The highest BCUT2D eigenvalue weighted by Crippen LogP contribution is 2.30. The quantitative estimate of drug-likeness (QED) is 0.291. The zero-order valence-corrected chi connectivity index (χ0v) is 19.0. The van der Waals surface area contributed by atoms with Crippen molar-refractivity contribution in [3.8, 4) is 34.3 Å². The van der Waals surface area contributed by atoms with E-state index in [9.17, 15) is 0 Å². The fourth-order valence-electron chi connectivity index (χ4n) is 3.17. The van der Waals surface area contributed by atoms with Crippen LogP contribution >= 0.6 is 23.4 Å². The number of methoxy groups -OCH3 is 1. The van der Waals surface area contributed by atoms with E-state index in [2.05, 4.69) is 25.3 Å².